The maximum atomic E-state index is 12.0. The van der Waals surface area contributed by atoms with E-state index in [0.29, 0.717) is 13.0 Å². The van der Waals surface area contributed by atoms with E-state index in [0.717, 1.165) is 44.4 Å². The molecule has 0 aliphatic rings. The molecule has 0 N–H and O–H groups in total. The smallest absolute Gasteiger partial charge is 0.305 e. The van der Waals surface area contributed by atoms with Crippen molar-refractivity contribution in [3.05, 3.63) is 36.5 Å². The van der Waals surface area contributed by atoms with Crippen LogP contribution in [0.25, 0.3) is 0 Å². The van der Waals surface area contributed by atoms with Gasteiger partial charge in [-0.15, -0.1) is 0 Å². The van der Waals surface area contributed by atoms with Crippen molar-refractivity contribution in [3.8, 4) is 0 Å². The molecule has 1 atom stereocenters. The quantitative estimate of drug-likeness (QED) is 0.0375. The molecule has 2 heteroatoms. The fraction of sp³-hybridized carbons (Fsp3) is 0.844. The Labute approximate surface area is 296 Å². The third-order valence-corrected chi connectivity index (χ3v) is 9.83. The Balaban J connectivity index is 3.20. The number of esters is 1. The summed E-state index contributed by atoms with van der Waals surface area (Å²) >= 11 is 0. The second kappa shape index (κ2) is 40.9. The van der Waals surface area contributed by atoms with E-state index in [2.05, 4.69) is 57.2 Å². The highest BCUT2D eigenvalue weighted by atomic mass is 16.5. The number of rotatable bonds is 38. The van der Waals surface area contributed by atoms with E-state index >= 15 is 0 Å². The SMILES string of the molecule is CC/C=C\C/C=C\C/C=C\CCCCCCCC(=O)OCCCCCCCCCCCCCCCCCCCCCCCC(C)CC. The predicted molar refractivity (Wildman–Crippen MR) is 211 cm³/mol. The van der Waals surface area contributed by atoms with Gasteiger partial charge in [0.1, 0.15) is 0 Å². The van der Waals surface area contributed by atoms with Crippen LogP contribution in [-0.2, 0) is 9.53 Å². The summed E-state index contributed by atoms with van der Waals surface area (Å²) in [7, 11) is 0. The zero-order valence-corrected chi connectivity index (χ0v) is 32.4. The van der Waals surface area contributed by atoms with Gasteiger partial charge in [0.15, 0.2) is 0 Å². The summed E-state index contributed by atoms with van der Waals surface area (Å²) in [4.78, 5) is 12.0. The molecular weight excluding hydrogens is 572 g/mol. The number of carbonyl (C=O) groups is 1. The van der Waals surface area contributed by atoms with Gasteiger partial charge < -0.3 is 4.74 Å². The molecule has 0 heterocycles. The molecule has 0 radical (unpaired) electrons. The molecule has 47 heavy (non-hydrogen) atoms. The first-order valence-corrected chi connectivity index (χ1v) is 21.3. The predicted octanol–water partition coefficient (Wildman–Crippen LogP) is 15.7. The minimum absolute atomic E-state index is 0.00929. The van der Waals surface area contributed by atoms with Gasteiger partial charge >= 0.3 is 5.97 Å². The monoisotopic (exact) mass is 657 g/mol. The lowest BCUT2D eigenvalue weighted by Crippen LogP contribution is -2.05. The molecule has 276 valence electrons. The van der Waals surface area contributed by atoms with Crippen LogP contribution in [0.4, 0.5) is 0 Å². The number of hydrogen-bond donors (Lipinski definition) is 0. The van der Waals surface area contributed by atoms with E-state index in [1.807, 2.05) is 0 Å². The van der Waals surface area contributed by atoms with Crippen LogP contribution >= 0.6 is 0 Å². The first kappa shape index (κ1) is 45.7. The van der Waals surface area contributed by atoms with Crippen LogP contribution < -0.4 is 0 Å². The van der Waals surface area contributed by atoms with Crippen molar-refractivity contribution in [1.82, 2.24) is 0 Å². The molecule has 0 amide bonds. The molecule has 0 spiro atoms. The van der Waals surface area contributed by atoms with Gasteiger partial charge in [0.2, 0.25) is 0 Å². The molecule has 0 saturated heterocycles. The average molecular weight is 657 g/mol. The van der Waals surface area contributed by atoms with Crippen molar-refractivity contribution in [2.24, 2.45) is 5.92 Å². The number of ether oxygens (including phenoxy) is 1. The third-order valence-electron chi connectivity index (χ3n) is 9.83. The molecule has 0 aromatic carbocycles. The fourth-order valence-corrected chi connectivity index (χ4v) is 6.30. The summed E-state index contributed by atoms with van der Waals surface area (Å²) in [6, 6.07) is 0. The van der Waals surface area contributed by atoms with Crippen molar-refractivity contribution in [2.75, 3.05) is 6.61 Å². The van der Waals surface area contributed by atoms with E-state index in [9.17, 15) is 4.79 Å². The molecule has 0 fully saturated rings. The number of carbonyl (C=O) groups excluding carboxylic acids is 1. The first-order chi connectivity index (χ1) is 23.2. The summed E-state index contributed by atoms with van der Waals surface area (Å²) in [5, 5.41) is 0. The zero-order chi connectivity index (χ0) is 34.1. The number of unbranched alkanes of at least 4 members (excludes halogenated alkanes) is 25. The van der Waals surface area contributed by atoms with E-state index in [1.54, 1.807) is 0 Å². The van der Waals surface area contributed by atoms with Crippen LogP contribution in [0.2, 0.25) is 0 Å². The van der Waals surface area contributed by atoms with Gasteiger partial charge in [-0.05, 0) is 50.9 Å². The van der Waals surface area contributed by atoms with E-state index < -0.39 is 0 Å². The highest BCUT2D eigenvalue weighted by Gasteiger charge is 2.03. The summed E-state index contributed by atoms with van der Waals surface area (Å²) in [6.07, 6.45) is 56.6. The minimum atomic E-state index is 0.00929. The molecule has 0 bridgehead atoms. The van der Waals surface area contributed by atoms with Crippen molar-refractivity contribution in [3.63, 3.8) is 0 Å². The Morgan fingerprint density at radius 3 is 1.32 bits per heavy atom. The second-order valence-electron chi connectivity index (χ2n) is 14.5. The number of allylic oxidation sites excluding steroid dienone is 6. The molecule has 0 saturated carbocycles. The highest BCUT2D eigenvalue weighted by molar-refractivity contribution is 5.69. The largest absolute Gasteiger partial charge is 0.466 e. The summed E-state index contributed by atoms with van der Waals surface area (Å²) in [5.74, 6) is 0.943. The van der Waals surface area contributed by atoms with Gasteiger partial charge in [0.05, 0.1) is 6.61 Å². The van der Waals surface area contributed by atoms with E-state index in [1.165, 1.54) is 167 Å². The Kier molecular flexibility index (Phi) is 39.7. The van der Waals surface area contributed by atoms with Gasteiger partial charge in [-0.3, -0.25) is 4.79 Å². The summed E-state index contributed by atoms with van der Waals surface area (Å²) in [6.45, 7) is 7.50. The Morgan fingerprint density at radius 2 is 0.851 bits per heavy atom. The van der Waals surface area contributed by atoms with Crippen LogP contribution in [0.5, 0.6) is 0 Å². The van der Waals surface area contributed by atoms with Gasteiger partial charge in [-0.25, -0.2) is 0 Å². The molecule has 0 aliphatic carbocycles. The van der Waals surface area contributed by atoms with Crippen LogP contribution in [0.15, 0.2) is 36.5 Å². The normalized spacial score (nSPS) is 12.7. The van der Waals surface area contributed by atoms with Crippen LogP contribution in [0.3, 0.4) is 0 Å². The lowest BCUT2D eigenvalue weighted by Gasteiger charge is -2.07. The lowest BCUT2D eigenvalue weighted by atomic mass is 9.99. The molecule has 2 nitrogen and oxygen atoms in total. The minimum Gasteiger partial charge on any atom is -0.466 e. The summed E-state index contributed by atoms with van der Waals surface area (Å²) in [5.41, 5.74) is 0. The Morgan fingerprint density at radius 1 is 0.468 bits per heavy atom. The molecule has 0 rings (SSSR count). The molecule has 1 unspecified atom stereocenters. The van der Waals surface area contributed by atoms with Crippen molar-refractivity contribution in [1.29, 1.82) is 0 Å². The van der Waals surface area contributed by atoms with Gasteiger partial charge in [-0.2, -0.15) is 0 Å². The third kappa shape index (κ3) is 40.8. The van der Waals surface area contributed by atoms with Crippen molar-refractivity contribution >= 4 is 5.97 Å². The number of hydrogen-bond acceptors (Lipinski definition) is 2. The van der Waals surface area contributed by atoms with E-state index in [-0.39, 0.29) is 5.97 Å². The maximum Gasteiger partial charge on any atom is 0.305 e. The first-order valence-electron chi connectivity index (χ1n) is 21.3. The van der Waals surface area contributed by atoms with Crippen LogP contribution in [0.1, 0.15) is 233 Å². The Hall–Kier alpha value is -1.31. The molecule has 0 aromatic rings. The molecular formula is C45H84O2. The van der Waals surface area contributed by atoms with Gasteiger partial charge in [-0.1, -0.05) is 218 Å². The van der Waals surface area contributed by atoms with Gasteiger partial charge in [0.25, 0.3) is 0 Å². The van der Waals surface area contributed by atoms with E-state index in [4.69, 9.17) is 4.74 Å². The molecule has 0 aromatic heterocycles. The van der Waals surface area contributed by atoms with Crippen molar-refractivity contribution in [2.45, 2.75) is 233 Å². The van der Waals surface area contributed by atoms with Crippen LogP contribution in [0, 0.1) is 5.92 Å². The van der Waals surface area contributed by atoms with Crippen molar-refractivity contribution < 1.29 is 9.53 Å². The lowest BCUT2D eigenvalue weighted by molar-refractivity contribution is -0.143. The summed E-state index contributed by atoms with van der Waals surface area (Å²) < 4.78 is 5.46. The molecule has 0 aliphatic heterocycles. The second-order valence-corrected chi connectivity index (χ2v) is 14.5. The highest BCUT2D eigenvalue weighted by Crippen LogP contribution is 2.17. The van der Waals surface area contributed by atoms with Crippen LogP contribution in [-0.4, -0.2) is 12.6 Å². The standard InChI is InChI=1S/C45H84O2/c1-4-6-7-8-9-10-11-12-20-24-27-30-33-36-39-42-45(46)47-43-40-37-34-31-28-25-22-19-17-15-13-14-16-18-21-23-26-29-32-35-38-41-44(3)5-2/h6-7,9-10,12,20,44H,4-5,8,11,13-19,21-43H2,1-3H3/b7-6-,10-9-,20-12-. The Bertz CT molecular complexity index is 690. The average Bonchev–Trinajstić information content (AvgIpc) is 3.08. The maximum absolute atomic E-state index is 12.0. The topological polar surface area (TPSA) is 26.3 Å². The fourth-order valence-electron chi connectivity index (χ4n) is 6.30. The van der Waals surface area contributed by atoms with Gasteiger partial charge in [0, 0.05) is 6.42 Å². The zero-order valence-electron chi connectivity index (χ0n) is 32.4.